The molecule has 0 amide bonds. The molecule has 0 unspecified atom stereocenters. The molecule has 2 aromatic rings. The van der Waals surface area contributed by atoms with E-state index in [4.69, 9.17) is 4.74 Å². The van der Waals surface area contributed by atoms with Crippen LogP contribution in [0.2, 0.25) is 0 Å². The zero-order chi connectivity index (χ0) is 17.2. The number of rotatable bonds is 4. The molecule has 0 aliphatic carbocycles. The Morgan fingerprint density at radius 1 is 1.20 bits per heavy atom. The molecule has 1 aromatic heterocycles. The van der Waals surface area contributed by atoms with Gasteiger partial charge in [0.25, 0.3) is 0 Å². The quantitative estimate of drug-likeness (QED) is 0.926. The van der Waals surface area contributed by atoms with Crippen molar-refractivity contribution < 1.29 is 9.84 Å². The van der Waals surface area contributed by atoms with Gasteiger partial charge in [0.2, 0.25) is 0 Å². The lowest BCUT2D eigenvalue weighted by Gasteiger charge is -2.36. The highest BCUT2D eigenvalue weighted by molar-refractivity contribution is 5.41. The number of anilines is 1. The first-order chi connectivity index (χ1) is 12.2. The summed E-state index contributed by atoms with van der Waals surface area (Å²) in [5, 5.41) is 10.6. The number of β-amino-alcohol motifs (C(OH)–C–C–N with tert-alkyl or cyclic N) is 1. The average Bonchev–Trinajstić information content (AvgIpc) is 3.02. The van der Waals surface area contributed by atoms with Gasteiger partial charge in [0.15, 0.2) is 0 Å². The van der Waals surface area contributed by atoms with E-state index in [2.05, 4.69) is 33.8 Å². The maximum absolute atomic E-state index is 10.6. The fourth-order valence-corrected chi connectivity index (χ4v) is 3.70. The van der Waals surface area contributed by atoms with Gasteiger partial charge in [0, 0.05) is 45.3 Å². The molecule has 0 spiro atoms. The molecule has 132 valence electrons. The van der Waals surface area contributed by atoms with Crippen molar-refractivity contribution in [3.63, 3.8) is 0 Å². The number of benzene rings is 1. The standard InChI is InChI=1S/C20H25N3O2/c1-15-12-17-13-16(5-6-19(17)25-15)18(24)14-22-8-10-23(11-9-22)20-4-2-3-7-21-20/h2-7,13,15,18,24H,8-12,14H2,1H3/t15-,18+/m1/s1. The Morgan fingerprint density at radius 3 is 2.80 bits per heavy atom. The largest absolute Gasteiger partial charge is 0.490 e. The lowest BCUT2D eigenvalue weighted by atomic mass is 10.0. The van der Waals surface area contributed by atoms with Gasteiger partial charge < -0.3 is 14.7 Å². The Labute approximate surface area is 148 Å². The summed E-state index contributed by atoms with van der Waals surface area (Å²) in [6.45, 7) is 6.53. The van der Waals surface area contributed by atoms with Crippen LogP contribution in [-0.2, 0) is 6.42 Å². The highest BCUT2D eigenvalue weighted by atomic mass is 16.5. The molecule has 5 nitrogen and oxygen atoms in total. The number of nitrogens with zero attached hydrogens (tertiary/aromatic N) is 3. The van der Waals surface area contributed by atoms with E-state index in [0.717, 1.165) is 49.7 Å². The second kappa shape index (κ2) is 7.02. The number of aliphatic hydroxyl groups excluding tert-OH is 1. The van der Waals surface area contributed by atoms with Gasteiger partial charge in [-0.15, -0.1) is 0 Å². The summed E-state index contributed by atoms with van der Waals surface area (Å²) in [5.74, 6) is 2.00. The number of fused-ring (bicyclic) bond motifs is 1. The zero-order valence-electron chi connectivity index (χ0n) is 14.6. The van der Waals surface area contributed by atoms with E-state index < -0.39 is 6.10 Å². The van der Waals surface area contributed by atoms with Gasteiger partial charge in [-0.2, -0.15) is 0 Å². The van der Waals surface area contributed by atoms with Crippen LogP contribution in [0.4, 0.5) is 5.82 Å². The maximum atomic E-state index is 10.6. The van der Waals surface area contributed by atoms with Crippen LogP contribution < -0.4 is 9.64 Å². The van der Waals surface area contributed by atoms with Crippen molar-refractivity contribution in [2.24, 2.45) is 0 Å². The van der Waals surface area contributed by atoms with Crippen LogP contribution in [0.5, 0.6) is 5.75 Å². The van der Waals surface area contributed by atoms with Crippen LogP contribution in [0.3, 0.4) is 0 Å². The third-order valence-corrected chi connectivity index (χ3v) is 5.08. The van der Waals surface area contributed by atoms with Gasteiger partial charge in [0.1, 0.15) is 17.7 Å². The number of aromatic nitrogens is 1. The van der Waals surface area contributed by atoms with Gasteiger partial charge in [-0.05, 0) is 42.3 Å². The fourth-order valence-electron chi connectivity index (χ4n) is 3.70. The molecule has 1 N–H and O–H groups in total. The maximum Gasteiger partial charge on any atom is 0.128 e. The number of hydrogen-bond donors (Lipinski definition) is 1. The summed E-state index contributed by atoms with van der Waals surface area (Å²) in [4.78, 5) is 9.05. The summed E-state index contributed by atoms with van der Waals surface area (Å²) in [6.07, 6.45) is 2.55. The van der Waals surface area contributed by atoms with Crippen molar-refractivity contribution in [2.75, 3.05) is 37.6 Å². The summed E-state index contributed by atoms with van der Waals surface area (Å²) >= 11 is 0. The second-order valence-corrected chi connectivity index (χ2v) is 6.99. The van der Waals surface area contributed by atoms with Crippen molar-refractivity contribution in [3.8, 4) is 5.75 Å². The van der Waals surface area contributed by atoms with E-state index in [1.54, 1.807) is 0 Å². The first-order valence-electron chi connectivity index (χ1n) is 9.05. The highest BCUT2D eigenvalue weighted by Crippen LogP contribution is 2.31. The highest BCUT2D eigenvalue weighted by Gasteiger charge is 2.23. The van der Waals surface area contributed by atoms with Crippen molar-refractivity contribution >= 4 is 5.82 Å². The molecule has 4 rings (SSSR count). The molecule has 2 aliphatic rings. The predicted octanol–water partition coefficient (Wildman–Crippen LogP) is 2.26. The van der Waals surface area contributed by atoms with E-state index in [1.807, 2.05) is 30.5 Å². The third kappa shape index (κ3) is 3.62. The average molecular weight is 339 g/mol. The summed E-state index contributed by atoms with van der Waals surface area (Å²) in [6, 6.07) is 12.1. The van der Waals surface area contributed by atoms with Crippen LogP contribution in [0.15, 0.2) is 42.6 Å². The zero-order valence-corrected chi connectivity index (χ0v) is 14.6. The Morgan fingerprint density at radius 2 is 2.04 bits per heavy atom. The minimum atomic E-state index is -0.456. The predicted molar refractivity (Wildman–Crippen MR) is 98.1 cm³/mol. The van der Waals surface area contributed by atoms with Crippen LogP contribution in [0, 0.1) is 0 Å². The van der Waals surface area contributed by atoms with E-state index >= 15 is 0 Å². The minimum absolute atomic E-state index is 0.238. The molecule has 0 radical (unpaired) electrons. The molecule has 0 bridgehead atoms. The summed E-state index contributed by atoms with van der Waals surface area (Å²) in [5.41, 5.74) is 2.20. The number of aliphatic hydroxyl groups is 1. The number of piperazine rings is 1. The lowest BCUT2D eigenvalue weighted by molar-refractivity contribution is 0.109. The first kappa shape index (κ1) is 16.4. The van der Waals surface area contributed by atoms with E-state index in [0.29, 0.717) is 6.54 Å². The van der Waals surface area contributed by atoms with E-state index in [9.17, 15) is 5.11 Å². The van der Waals surface area contributed by atoms with Crippen LogP contribution in [0.1, 0.15) is 24.2 Å². The van der Waals surface area contributed by atoms with Crippen LogP contribution in [0.25, 0.3) is 0 Å². The van der Waals surface area contributed by atoms with Gasteiger partial charge in [-0.3, -0.25) is 4.90 Å². The molecule has 1 fully saturated rings. The Kier molecular flexibility index (Phi) is 4.59. The Hall–Kier alpha value is -2.11. The SMILES string of the molecule is C[C@@H]1Cc2cc([C@@H](O)CN3CCN(c4ccccn4)CC3)ccc2O1. The molecule has 2 aliphatic heterocycles. The number of ether oxygens (including phenoxy) is 1. The molecule has 5 heteroatoms. The normalized spacial score (nSPS) is 21.7. The number of hydrogen-bond acceptors (Lipinski definition) is 5. The molecule has 25 heavy (non-hydrogen) atoms. The fraction of sp³-hybridized carbons (Fsp3) is 0.450. The molecular formula is C20H25N3O2. The topological polar surface area (TPSA) is 48.8 Å². The molecular weight excluding hydrogens is 314 g/mol. The molecule has 1 saturated heterocycles. The second-order valence-electron chi connectivity index (χ2n) is 6.99. The molecule has 2 atom stereocenters. The van der Waals surface area contributed by atoms with E-state index in [1.165, 1.54) is 5.56 Å². The number of pyridine rings is 1. The van der Waals surface area contributed by atoms with Crippen molar-refractivity contribution in [1.82, 2.24) is 9.88 Å². The Bertz CT molecular complexity index is 714. The van der Waals surface area contributed by atoms with Crippen LogP contribution >= 0.6 is 0 Å². The summed E-state index contributed by atoms with van der Waals surface area (Å²) in [7, 11) is 0. The molecule has 3 heterocycles. The van der Waals surface area contributed by atoms with Crippen molar-refractivity contribution in [3.05, 3.63) is 53.7 Å². The molecule has 0 saturated carbocycles. The Balaban J connectivity index is 1.33. The van der Waals surface area contributed by atoms with Gasteiger partial charge in [0.05, 0.1) is 6.10 Å². The van der Waals surface area contributed by atoms with Gasteiger partial charge >= 0.3 is 0 Å². The lowest BCUT2D eigenvalue weighted by Crippen LogP contribution is -2.47. The monoisotopic (exact) mass is 339 g/mol. The van der Waals surface area contributed by atoms with E-state index in [-0.39, 0.29) is 6.10 Å². The van der Waals surface area contributed by atoms with Crippen molar-refractivity contribution in [2.45, 2.75) is 25.6 Å². The van der Waals surface area contributed by atoms with Gasteiger partial charge in [-0.1, -0.05) is 12.1 Å². The first-order valence-corrected chi connectivity index (χ1v) is 9.05. The smallest absolute Gasteiger partial charge is 0.128 e. The summed E-state index contributed by atoms with van der Waals surface area (Å²) < 4.78 is 5.74. The third-order valence-electron chi connectivity index (χ3n) is 5.08. The van der Waals surface area contributed by atoms with Crippen molar-refractivity contribution in [1.29, 1.82) is 0 Å². The van der Waals surface area contributed by atoms with Crippen LogP contribution in [-0.4, -0.2) is 53.8 Å². The van der Waals surface area contributed by atoms with Gasteiger partial charge in [-0.25, -0.2) is 4.98 Å². The molecule has 1 aromatic carbocycles. The minimum Gasteiger partial charge on any atom is -0.490 e.